The quantitative estimate of drug-likeness (QED) is 0.556. The topological polar surface area (TPSA) is 111 Å². The fourth-order valence-electron chi connectivity index (χ4n) is 3.64. The second-order valence-corrected chi connectivity index (χ2v) is 8.24. The molecule has 3 aromatic heterocycles. The molecule has 4 rings (SSSR count). The van der Waals surface area contributed by atoms with Crippen molar-refractivity contribution < 1.29 is 0 Å². The van der Waals surface area contributed by atoms with Crippen LogP contribution in [0.1, 0.15) is 29.8 Å². The molecule has 1 aliphatic heterocycles. The second-order valence-electron chi connectivity index (χ2n) is 7.38. The number of piperidine rings is 1. The van der Waals surface area contributed by atoms with Crippen LogP contribution < -0.4 is 16.0 Å². The maximum atomic E-state index is 9.45. The zero-order valence-corrected chi connectivity index (χ0v) is 17.9. The van der Waals surface area contributed by atoms with Crippen LogP contribution in [-0.2, 0) is 6.42 Å². The first-order valence-electron chi connectivity index (χ1n) is 10.0. The minimum atomic E-state index is 0.466. The zero-order valence-electron chi connectivity index (χ0n) is 17.1. The Kier molecular flexibility index (Phi) is 6.16. The van der Waals surface area contributed by atoms with Gasteiger partial charge in [-0.3, -0.25) is 0 Å². The predicted molar refractivity (Wildman–Crippen MR) is 119 cm³/mol. The van der Waals surface area contributed by atoms with E-state index in [1.54, 1.807) is 23.7 Å². The molecule has 0 spiro atoms. The first-order chi connectivity index (χ1) is 14.7. The summed E-state index contributed by atoms with van der Waals surface area (Å²) in [5.74, 6) is 1.70. The highest BCUT2D eigenvalue weighted by Gasteiger charge is 2.17. The fraction of sp³-hybridized carbons (Fsp3) is 0.381. The van der Waals surface area contributed by atoms with Gasteiger partial charge in [0.15, 0.2) is 0 Å². The molecule has 0 saturated carbocycles. The Bertz CT molecular complexity index is 1070. The lowest BCUT2D eigenvalue weighted by molar-refractivity contribution is 0.375. The van der Waals surface area contributed by atoms with Crippen molar-refractivity contribution in [2.24, 2.45) is 5.92 Å². The van der Waals surface area contributed by atoms with Gasteiger partial charge >= 0.3 is 0 Å². The van der Waals surface area contributed by atoms with Crippen LogP contribution in [0.2, 0.25) is 0 Å². The molecule has 1 atom stereocenters. The molecule has 8 nitrogen and oxygen atoms in total. The molecule has 0 aliphatic carbocycles. The van der Waals surface area contributed by atoms with Crippen molar-refractivity contribution in [2.45, 2.75) is 26.2 Å². The summed E-state index contributed by atoms with van der Waals surface area (Å²) < 4.78 is 0. The van der Waals surface area contributed by atoms with Gasteiger partial charge in [0.2, 0.25) is 5.95 Å². The monoisotopic (exact) mass is 420 g/mol. The van der Waals surface area contributed by atoms with E-state index in [-0.39, 0.29) is 0 Å². The second kappa shape index (κ2) is 9.15. The fourth-order valence-corrected chi connectivity index (χ4v) is 4.45. The van der Waals surface area contributed by atoms with E-state index in [0.717, 1.165) is 47.0 Å². The summed E-state index contributed by atoms with van der Waals surface area (Å²) in [7, 11) is 1.83. The molecular formula is C21H24N8S. The lowest BCUT2D eigenvalue weighted by Gasteiger charge is -2.23. The predicted octanol–water partition coefficient (Wildman–Crippen LogP) is 3.50. The SMILES string of the molecule is CNc1nc(Nc2cnc(C#N)c(CC3CCCNC3)c2)ncc1-c1nc(C)cs1. The summed E-state index contributed by atoms with van der Waals surface area (Å²) >= 11 is 1.57. The van der Waals surface area contributed by atoms with Gasteiger partial charge in [0.25, 0.3) is 0 Å². The van der Waals surface area contributed by atoms with Crippen molar-refractivity contribution in [3.8, 4) is 16.6 Å². The normalized spacial score (nSPS) is 16.1. The van der Waals surface area contributed by atoms with E-state index < -0.39 is 0 Å². The van der Waals surface area contributed by atoms with Gasteiger partial charge in [-0.2, -0.15) is 10.2 Å². The molecule has 1 saturated heterocycles. The number of aromatic nitrogens is 4. The molecule has 1 unspecified atom stereocenters. The molecule has 3 aromatic rings. The molecule has 9 heteroatoms. The van der Waals surface area contributed by atoms with Crippen molar-refractivity contribution in [1.29, 1.82) is 5.26 Å². The third-order valence-electron chi connectivity index (χ3n) is 5.11. The van der Waals surface area contributed by atoms with Crippen LogP contribution in [0.25, 0.3) is 10.6 Å². The van der Waals surface area contributed by atoms with Crippen LogP contribution in [0.4, 0.5) is 17.5 Å². The van der Waals surface area contributed by atoms with Crippen LogP contribution in [-0.4, -0.2) is 40.1 Å². The van der Waals surface area contributed by atoms with Crippen LogP contribution in [0, 0.1) is 24.2 Å². The van der Waals surface area contributed by atoms with Crippen LogP contribution in [0.5, 0.6) is 0 Å². The first-order valence-corrected chi connectivity index (χ1v) is 10.9. The molecule has 0 amide bonds. The van der Waals surface area contributed by atoms with Crippen molar-refractivity contribution in [3.05, 3.63) is 40.8 Å². The largest absolute Gasteiger partial charge is 0.372 e. The van der Waals surface area contributed by atoms with Crippen molar-refractivity contribution in [1.82, 2.24) is 25.3 Å². The summed E-state index contributed by atoms with van der Waals surface area (Å²) in [4.78, 5) is 17.9. The van der Waals surface area contributed by atoms with Gasteiger partial charge in [0.1, 0.15) is 22.6 Å². The smallest absolute Gasteiger partial charge is 0.229 e. The van der Waals surface area contributed by atoms with Gasteiger partial charge in [0, 0.05) is 24.3 Å². The van der Waals surface area contributed by atoms with Crippen molar-refractivity contribution >= 4 is 28.8 Å². The third-order valence-corrected chi connectivity index (χ3v) is 6.10. The summed E-state index contributed by atoms with van der Waals surface area (Å²) in [5.41, 5.74) is 4.05. The summed E-state index contributed by atoms with van der Waals surface area (Å²) in [6.07, 6.45) is 6.60. The van der Waals surface area contributed by atoms with Crippen molar-refractivity contribution in [2.75, 3.05) is 30.8 Å². The lowest BCUT2D eigenvalue weighted by atomic mass is 9.91. The average Bonchev–Trinajstić information content (AvgIpc) is 3.20. The third kappa shape index (κ3) is 4.56. The number of thiazole rings is 1. The highest BCUT2D eigenvalue weighted by Crippen LogP contribution is 2.30. The number of hydrogen-bond acceptors (Lipinski definition) is 9. The zero-order chi connectivity index (χ0) is 20.9. The number of nitrogens with zero attached hydrogens (tertiary/aromatic N) is 5. The van der Waals surface area contributed by atoms with Gasteiger partial charge in [-0.15, -0.1) is 11.3 Å². The Morgan fingerprint density at radius 1 is 1.30 bits per heavy atom. The van der Waals surface area contributed by atoms with Gasteiger partial charge in [-0.1, -0.05) is 0 Å². The molecule has 4 heterocycles. The van der Waals surface area contributed by atoms with Crippen LogP contribution in [0.3, 0.4) is 0 Å². The van der Waals surface area contributed by atoms with E-state index >= 15 is 0 Å². The highest BCUT2D eigenvalue weighted by molar-refractivity contribution is 7.13. The van der Waals surface area contributed by atoms with Gasteiger partial charge in [-0.05, 0) is 56.8 Å². The number of hydrogen-bond donors (Lipinski definition) is 3. The Morgan fingerprint density at radius 3 is 2.90 bits per heavy atom. The number of rotatable bonds is 6. The minimum absolute atomic E-state index is 0.466. The number of aryl methyl sites for hydroxylation is 1. The van der Waals surface area contributed by atoms with E-state index in [9.17, 15) is 5.26 Å². The molecule has 1 fully saturated rings. The van der Waals surface area contributed by atoms with Crippen LogP contribution in [0.15, 0.2) is 23.8 Å². The summed E-state index contributed by atoms with van der Waals surface area (Å²) in [5, 5.41) is 22.1. The summed E-state index contributed by atoms with van der Waals surface area (Å²) in [6, 6.07) is 4.20. The van der Waals surface area contributed by atoms with E-state index in [1.165, 1.54) is 12.8 Å². The van der Waals surface area contributed by atoms with Crippen LogP contribution >= 0.6 is 11.3 Å². The van der Waals surface area contributed by atoms with E-state index in [4.69, 9.17) is 0 Å². The molecule has 3 N–H and O–H groups in total. The molecule has 0 aromatic carbocycles. The van der Waals surface area contributed by atoms with Gasteiger partial charge in [-0.25, -0.2) is 15.0 Å². The van der Waals surface area contributed by atoms with E-state index in [2.05, 4.69) is 42.0 Å². The molecule has 154 valence electrons. The molecular weight excluding hydrogens is 396 g/mol. The molecule has 1 aliphatic rings. The summed E-state index contributed by atoms with van der Waals surface area (Å²) in [6.45, 7) is 4.02. The van der Waals surface area contributed by atoms with Gasteiger partial charge < -0.3 is 16.0 Å². The lowest BCUT2D eigenvalue weighted by Crippen LogP contribution is -2.31. The first kappa shape index (κ1) is 20.2. The minimum Gasteiger partial charge on any atom is -0.372 e. The average molecular weight is 421 g/mol. The van der Waals surface area contributed by atoms with E-state index in [0.29, 0.717) is 23.4 Å². The number of anilines is 3. The standard InChI is InChI=1S/C21H24N8S/c1-13-12-30-20(27-13)17-11-26-21(29-19(17)23-2)28-16-7-15(18(8-22)25-10-16)6-14-4-3-5-24-9-14/h7,10-12,14,24H,3-6,9H2,1-2H3,(H2,23,26,28,29). The van der Waals surface area contributed by atoms with Gasteiger partial charge in [0.05, 0.1) is 17.4 Å². The van der Waals surface area contributed by atoms with E-state index in [1.807, 2.05) is 25.4 Å². The Balaban J connectivity index is 1.56. The number of nitriles is 1. The maximum absolute atomic E-state index is 9.45. The maximum Gasteiger partial charge on any atom is 0.229 e. The Labute approximate surface area is 179 Å². The molecule has 30 heavy (non-hydrogen) atoms. The molecule has 0 bridgehead atoms. The Hall–Kier alpha value is -3.09. The van der Waals surface area contributed by atoms with Crippen molar-refractivity contribution in [3.63, 3.8) is 0 Å². The number of pyridine rings is 1. The number of nitrogens with one attached hydrogen (secondary N) is 3. The highest BCUT2D eigenvalue weighted by atomic mass is 32.1. The Morgan fingerprint density at radius 2 is 2.20 bits per heavy atom. The molecule has 0 radical (unpaired) electrons.